The van der Waals surface area contributed by atoms with Crippen molar-refractivity contribution in [3.63, 3.8) is 0 Å². The zero-order valence-electron chi connectivity index (χ0n) is 17.0. The quantitative estimate of drug-likeness (QED) is 0.564. The summed E-state index contributed by atoms with van der Waals surface area (Å²) in [5.41, 5.74) is 1.67. The van der Waals surface area contributed by atoms with Crippen molar-refractivity contribution >= 4 is 44.8 Å². The van der Waals surface area contributed by atoms with E-state index in [0.717, 1.165) is 5.56 Å². The standard InChI is InChI=1S/C21H21Cl2N5O3S/c22-17-4-5-19(23)20(11-17)32(30,31)28-8-6-16(7-9-28)21(29)26-18-3-1-2-15(10-18)12-27-14-24-13-25-27/h1-5,10-11,13-14,16H,6-9,12H2,(H,26,29). The molecule has 1 fully saturated rings. The number of benzene rings is 2. The first-order valence-electron chi connectivity index (χ1n) is 10.0. The average Bonchev–Trinajstić information content (AvgIpc) is 3.28. The van der Waals surface area contributed by atoms with E-state index in [-0.39, 0.29) is 34.8 Å². The molecule has 0 spiro atoms. The lowest BCUT2D eigenvalue weighted by Gasteiger charge is -2.30. The Bertz CT molecular complexity index is 1210. The second-order valence-electron chi connectivity index (χ2n) is 7.54. The number of nitrogens with one attached hydrogen (secondary N) is 1. The van der Waals surface area contributed by atoms with E-state index >= 15 is 0 Å². The molecule has 0 atom stereocenters. The van der Waals surface area contributed by atoms with Crippen LogP contribution in [0.25, 0.3) is 0 Å². The van der Waals surface area contributed by atoms with Gasteiger partial charge in [-0.1, -0.05) is 35.3 Å². The van der Waals surface area contributed by atoms with Crippen LogP contribution in [0.15, 0.2) is 60.0 Å². The fourth-order valence-electron chi connectivity index (χ4n) is 3.67. The number of hydrogen-bond acceptors (Lipinski definition) is 5. The molecule has 8 nitrogen and oxygen atoms in total. The molecule has 0 radical (unpaired) electrons. The van der Waals surface area contributed by atoms with Gasteiger partial charge in [0.2, 0.25) is 15.9 Å². The minimum atomic E-state index is -3.78. The lowest BCUT2D eigenvalue weighted by Crippen LogP contribution is -2.41. The van der Waals surface area contributed by atoms with Crippen molar-refractivity contribution in [3.05, 3.63) is 70.7 Å². The largest absolute Gasteiger partial charge is 0.326 e. The van der Waals surface area contributed by atoms with E-state index in [1.165, 1.54) is 22.8 Å². The van der Waals surface area contributed by atoms with Gasteiger partial charge in [-0.2, -0.15) is 9.40 Å². The van der Waals surface area contributed by atoms with Crippen molar-refractivity contribution in [1.29, 1.82) is 0 Å². The first-order valence-corrected chi connectivity index (χ1v) is 12.2. The molecule has 1 saturated heterocycles. The Morgan fingerprint density at radius 1 is 1.12 bits per heavy atom. The number of sulfonamides is 1. The summed E-state index contributed by atoms with van der Waals surface area (Å²) < 4.78 is 29.0. The molecule has 0 bridgehead atoms. The number of rotatable bonds is 6. The van der Waals surface area contributed by atoms with Gasteiger partial charge < -0.3 is 5.32 Å². The van der Waals surface area contributed by atoms with Crippen LogP contribution in [0.1, 0.15) is 18.4 Å². The van der Waals surface area contributed by atoms with Crippen LogP contribution in [-0.2, 0) is 21.4 Å². The van der Waals surface area contributed by atoms with Gasteiger partial charge in [-0.15, -0.1) is 0 Å². The van der Waals surface area contributed by atoms with Gasteiger partial charge in [0.15, 0.2) is 0 Å². The fraction of sp³-hybridized carbons (Fsp3) is 0.286. The summed E-state index contributed by atoms with van der Waals surface area (Å²) in [4.78, 5) is 16.7. The van der Waals surface area contributed by atoms with Crippen molar-refractivity contribution in [1.82, 2.24) is 19.1 Å². The van der Waals surface area contributed by atoms with Crippen molar-refractivity contribution in [2.24, 2.45) is 5.92 Å². The maximum atomic E-state index is 13.0. The van der Waals surface area contributed by atoms with Crippen LogP contribution in [0.4, 0.5) is 5.69 Å². The molecule has 2 aromatic carbocycles. The number of piperidine rings is 1. The Hall–Kier alpha value is -2.46. The second kappa shape index (κ2) is 9.58. The highest BCUT2D eigenvalue weighted by molar-refractivity contribution is 7.89. The zero-order valence-corrected chi connectivity index (χ0v) is 19.3. The predicted molar refractivity (Wildman–Crippen MR) is 122 cm³/mol. The topological polar surface area (TPSA) is 97.2 Å². The summed E-state index contributed by atoms with van der Waals surface area (Å²) in [7, 11) is -3.78. The van der Waals surface area contributed by atoms with Gasteiger partial charge in [0.25, 0.3) is 0 Å². The summed E-state index contributed by atoms with van der Waals surface area (Å²) in [5.74, 6) is -0.406. The van der Waals surface area contributed by atoms with Gasteiger partial charge in [-0.25, -0.2) is 18.1 Å². The molecule has 3 aromatic rings. The number of anilines is 1. The number of carbonyl (C=O) groups excluding carboxylic acids is 1. The number of hydrogen-bond donors (Lipinski definition) is 1. The molecule has 1 aliphatic heterocycles. The first-order chi connectivity index (χ1) is 15.3. The third kappa shape index (κ3) is 5.12. The lowest BCUT2D eigenvalue weighted by molar-refractivity contribution is -0.120. The number of nitrogens with zero attached hydrogens (tertiary/aromatic N) is 4. The Morgan fingerprint density at radius 2 is 1.91 bits per heavy atom. The molecule has 2 heterocycles. The molecular weight excluding hydrogens is 473 g/mol. The number of amides is 1. The van der Waals surface area contributed by atoms with Crippen LogP contribution >= 0.6 is 23.2 Å². The Balaban J connectivity index is 1.37. The van der Waals surface area contributed by atoms with E-state index in [0.29, 0.717) is 30.1 Å². The molecular formula is C21H21Cl2N5O3S. The molecule has 168 valence electrons. The van der Waals surface area contributed by atoms with Crippen molar-refractivity contribution in [3.8, 4) is 0 Å². The smallest absolute Gasteiger partial charge is 0.244 e. The van der Waals surface area contributed by atoms with E-state index in [2.05, 4.69) is 15.4 Å². The average molecular weight is 494 g/mol. The van der Waals surface area contributed by atoms with E-state index in [9.17, 15) is 13.2 Å². The van der Waals surface area contributed by atoms with Gasteiger partial charge >= 0.3 is 0 Å². The van der Waals surface area contributed by atoms with Gasteiger partial charge in [-0.05, 0) is 48.7 Å². The third-order valence-electron chi connectivity index (χ3n) is 5.34. The highest BCUT2D eigenvalue weighted by Crippen LogP contribution is 2.30. The van der Waals surface area contributed by atoms with Crippen LogP contribution in [0, 0.1) is 5.92 Å². The molecule has 32 heavy (non-hydrogen) atoms. The van der Waals surface area contributed by atoms with Crippen molar-refractivity contribution in [2.45, 2.75) is 24.3 Å². The Morgan fingerprint density at radius 3 is 2.62 bits per heavy atom. The number of aromatic nitrogens is 3. The van der Waals surface area contributed by atoms with E-state index in [4.69, 9.17) is 23.2 Å². The van der Waals surface area contributed by atoms with Crippen LogP contribution < -0.4 is 5.32 Å². The van der Waals surface area contributed by atoms with E-state index in [1.807, 2.05) is 24.3 Å². The van der Waals surface area contributed by atoms with Crippen molar-refractivity contribution < 1.29 is 13.2 Å². The predicted octanol–water partition coefficient (Wildman–Crippen LogP) is 3.67. The minimum absolute atomic E-state index is 0.0150. The maximum Gasteiger partial charge on any atom is 0.244 e. The lowest BCUT2D eigenvalue weighted by atomic mass is 9.97. The molecule has 11 heteroatoms. The van der Waals surface area contributed by atoms with Crippen LogP contribution in [-0.4, -0.2) is 46.5 Å². The minimum Gasteiger partial charge on any atom is -0.326 e. The molecule has 0 aliphatic carbocycles. The third-order valence-corrected chi connectivity index (χ3v) is 7.96. The number of halogens is 2. The first kappa shape index (κ1) is 22.7. The maximum absolute atomic E-state index is 13.0. The van der Waals surface area contributed by atoms with Crippen LogP contribution in [0.2, 0.25) is 10.0 Å². The van der Waals surface area contributed by atoms with Gasteiger partial charge in [0, 0.05) is 29.7 Å². The molecule has 1 aliphatic rings. The monoisotopic (exact) mass is 493 g/mol. The summed E-state index contributed by atoms with van der Waals surface area (Å²) in [6, 6.07) is 11.9. The molecule has 1 aromatic heterocycles. The molecule has 1 N–H and O–H groups in total. The molecule has 4 rings (SSSR count). The summed E-state index contributed by atoms with van der Waals surface area (Å²) in [5, 5.41) is 7.45. The highest BCUT2D eigenvalue weighted by Gasteiger charge is 2.33. The van der Waals surface area contributed by atoms with Crippen molar-refractivity contribution in [2.75, 3.05) is 18.4 Å². The Kier molecular flexibility index (Phi) is 6.80. The van der Waals surface area contributed by atoms with E-state index < -0.39 is 10.0 Å². The zero-order chi connectivity index (χ0) is 22.7. The van der Waals surface area contributed by atoms with Gasteiger partial charge in [0.1, 0.15) is 17.6 Å². The van der Waals surface area contributed by atoms with Crippen LogP contribution in [0.5, 0.6) is 0 Å². The molecule has 0 unspecified atom stereocenters. The Labute approximate surface area is 196 Å². The van der Waals surface area contributed by atoms with E-state index in [1.54, 1.807) is 17.1 Å². The SMILES string of the molecule is O=C(Nc1cccc(Cn2cncn2)c1)C1CCN(S(=O)(=O)c2cc(Cl)ccc2Cl)CC1. The summed E-state index contributed by atoms with van der Waals surface area (Å²) in [6.07, 6.45) is 3.94. The van der Waals surface area contributed by atoms with Crippen LogP contribution in [0.3, 0.4) is 0 Å². The second-order valence-corrected chi connectivity index (χ2v) is 10.3. The highest BCUT2D eigenvalue weighted by atomic mass is 35.5. The normalized spacial score (nSPS) is 15.6. The fourth-order valence-corrected chi connectivity index (χ4v) is 5.87. The summed E-state index contributed by atoms with van der Waals surface area (Å²) in [6.45, 7) is 1.01. The van der Waals surface area contributed by atoms with Gasteiger partial charge in [0.05, 0.1) is 11.6 Å². The molecule has 1 amide bonds. The summed E-state index contributed by atoms with van der Waals surface area (Å²) >= 11 is 12.0. The number of carbonyl (C=O) groups is 1. The molecule has 0 saturated carbocycles. The van der Waals surface area contributed by atoms with Gasteiger partial charge in [-0.3, -0.25) is 4.79 Å².